The van der Waals surface area contributed by atoms with Crippen LogP contribution >= 0.6 is 0 Å². The van der Waals surface area contributed by atoms with Gasteiger partial charge in [-0.1, -0.05) is 6.07 Å². The van der Waals surface area contributed by atoms with E-state index in [1.54, 1.807) is 32.0 Å². The van der Waals surface area contributed by atoms with Crippen molar-refractivity contribution in [3.8, 4) is 0 Å². The van der Waals surface area contributed by atoms with Crippen LogP contribution in [0.4, 0.5) is 14.5 Å². The second kappa shape index (κ2) is 5.91. The lowest BCUT2D eigenvalue weighted by Crippen LogP contribution is -2.15. The van der Waals surface area contributed by atoms with Crippen molar-refractivity contribution in [1.82, 2.24) is 0 Å². The zero-order chi connectivity index (χ0) is 15.6. The molecule has 0 aromatic heterocycles. The first-order valence-corrected chi connectivity index (χ1v) is 6.50. The van der Waals surface area contributed by atoms with E-state index in [2.05, 4.69) is 5.32 Å². The Bertz CT molecular complexity index is 666. The summed E-state index contributed by atoms with van der Waals surface area (Å²) in [5, 5.41) is 3.14. The number of benzene rings is 2. The first kappa shape index (κ1) is 15.0. The molecule has 0 aliphatic rings. The highest BCUT2D eigenvalue weighted by atomic mass is 19.1. The van der Waals surface area contributed by atoms with Gasteiger partial charge >= 0.3 is 0 Å². The summed E-state index contributed by atoms with van der Waals surface area (Å²) >= 11 is 0. The van der Waals surface area contributed by atoms with E-state index in [0.29, 0.717) is 22.4 Å². The quantitative estimate of drug-likeness (QED) is 0.904. The summed E-state index contributed by atoms with van der Waals surface area (Å²) in [7, 11) is 0. The molecule has 2 rings (SSSR count). The number of hydrogen-bond acceptors (Lipinski definition) is 2. The van der Waals surface area contributed by atoms with Crippen LogP contribution < -0.4 is 11.1 Å². The highest BCUT2D eigenvalue weighted by Gasteiger charge is 2.12. The monoisotopic (exact) mass is 290 g/mol. The molecule has 0 aliphatic carbocycles. The number of carbonyl (C=O) groups is 1. The number of amides is 1. The first-order chi connectivity index (χ1) is 9.88. The molecule has 3 N–H and O–H groups in total. The third-order valence-corrected chi connectivity index (χ3v) is 3.36. The van der Waals surface area contributed by atoms with Crippen molar-refractivity contribution in [3.05, 3.63) is 64.7 Å². The van der Waals surface area contributed by atoms with E-state index in [4.69, 9.17) is 5.73 Å². The maximum atomic E-state index is 13.2. The zero-order valence-corrected chi connectivity index (χ0v) is 11.8. The van der Waals surface area contributed by atoms with E-state index in [-0.39, 0.29) is 6.04 Å². The molecule has 1 unspecified atom stereocenters. The van der Waals surface area contributed by atoms with Crippen molar-refractivity contribution in [2.24, 2.45) is 5.73 Å². The molecule has 0 bridgehead atoms. The lowest BCUT2D eigenvalue weighted by Gasteiger charge is -2.18. The Labute approximate surface area is 121 Å². The van der Waals surface area contributed by atoms with Crippen LogP contribution in [0.2, 0.25) is 0 Å². The molecule has 0 saturated heterocycles. The molecule has 0 fully saturated rings. The smallest absolute Gasteiger partial charge is 0.249 e. The van der Waals surface area contributed by atoms with Gasteiger partial charge in [-0.25, -0.2) is 8.78 Å². The number of hydrogen-bond donors (Lipinski definition) is 2. The topological polar surface area (TPSA) is 55.1 Å². The molecule has 0 saturated carbocycles. The first-order valence-electron chi connectivity index (χ1n) is 6.50. The van der Waals surface area contributed by atoms with Crippen molar-refractivity contribution in [1.29, 1.82) is 0 Å². The van der Waals surface area contributed by atoms with Crippen molar-refractivity contribution >= 4 is 11.6 Å². The summed E-state index contributed by atoms with van der Waals surface area (Å²) in [6, 6.07) is 8.17. The molecule has 1 atom stereocenters. The summed E-state index contributed by atoms with van der Waals surface area (Å²) < 4.78 is 26.5. The van der Waals surface area contributed by atoms with Crippen LogP contribution in [0, 0.1) is 18.6 Å². The summed E-state index contributed by atoms with van der Waals surface area (Å²) in [6.45, 7) is 3.55. The normalized spacial score (nSPS) is 12.0. The number of rotatable bonds is 4. The van der Waals surface area contributed by atoms with Crippen molar-refractivity contribution in [2.45, 2.75) is 19.9 Å². The number of anilines is 1. The van der Waals surface area contributed by atoms with E-state index >= 15 is 0 Å². The van der Waals surface area contributed by atoms with Crippen molar-refractivity contribution < 1.29 is 13.6 Å². The van der Waals surface area contributed by atoms with Gasteiger partial charge in [-0.15, -0.1) is 0 Å². The fourth-order valence-electron chi connectivity index (χ4n) is 2.20. The van der Waals surface area contributed by atoms with E-state index in [9.17, 15) is 13.6 Å². The fourth-order valence-corrected chi connectivity index (χ4v) is 2.20. The molecule has 3 nitrogen and oxygen atoms in total. The third kappa shape index (κ3) is 3.37. The number of carbonyl (C=O) groups excluding carboxylic acids is 1. The van der Waals surface area contributed by atoms with Gasteiger partial charge < -0.3 is 11.1 Å². The number of halogens is 2. The maximum Gasteiger partial charge on any atom is 0.249 e. The summed E-state index contributed by atoms with van der Waals surface area (Å²) in [5.41, 5.74) is 7.60. The number of primary amides is 1. The molecule has 2 aromatic carbocycles. The summed E-state index contributed by atoms with van der Waals surface area (Å²) in [4.78, 5) is 11.3. The minimum atomic E-state index is -0.624. The second-order valence-electron chi connectivity index (χ2n) is 4.91. The Kier molecular flexibility index (Phi) is 4.21. The molecule has 21 heavy (non-hydrogen) atoms. The van der Waals surface area contributed by atoms with E-state index in [1.165, 1.54) is 12.1 Å². The number of nitrogens with two attached hydrogens (primary N) is 1. The van der Waals surface area contributed by atoms with Crippen LogP contribution in [0.5, 0.6) is 0 Å². The minimum Gasteiger partial charge on any atom is -0.378 e. The van der Waals surface area contributed by atoms with Crippen molar-refractivity contribution in [3.63, 3.8) is 0 Å². The van der Waals surface area contributed by atoms with Gasteiger partial charge in [-0.05, 0) is 49.2 Å². The maximum absolute atomic E-state index is 13.2. The van der Waals surface area contributed by atoms with Gasteiger partial charge in [0.2, 0.25) is 5.91 Å². The van der Waals surface area contributed by atoms with E-state index < -0.39 is 17.5 Å². The van der Waals surface area contributed by atoms with Crippen molar-refractivity contribution in [2.75, 3.05) is 5.32 Å². The molecule has 5 heteroatoms. The van der Waals surface area contributed by atoms with Crippen LogP contribution in [0.3, 0.4) is 0 Å². The zero-order valence-electron chi connectivity index (χ0n) is 11.8. The Hall–Kier alpha value is -2.43. The predicted molar refractivity (Wildman–Crippen MR) is 78.1 cm³/mol. The third-order valence-electron chi connectivity index (χ3n) is 3.36. The van der Waals surface area contributed by atoms with Gasteiger partial charge in [0.05, 0.1) is 0 Å². The largest absolute Gasteiger partial charge is 0.378 e. The van der Waals surface area contributed by atoms with Gasteiger partial charge in [-0.2, -0.15) is 0 Å². The van der Waals surface area contributed by atoms with Gasteiger partial charge in [0.25, 0.3) is 0 Å². The van der Waals surface area contributed by atoms with Gasteiger partial charge in [0, 0.05) is 23.4 Å². The lowest BCUT2D eigenvalue weighted by atomic mass is 10.0. The lowest BCUT2D eigenvalue weighted by molar-refractivity contribution is 0.0999. The van der Waals surface area contributed by atoms with Gasteiger partial charge in [0.15, 0.2) is 0 Å². The highest BCUT2D eigenvalue weighted by molar-refractivity contribution is 5.95. The highest BCUT2D eigenvalue weighted by Crippen LogP contribution is 2.25. The summed E-state index contributed by atoms with van der Waals surface area (Å²) in [5.74, 6) is -1.76. The van der Waals surface area contributed by atoms with Crippen LogP contribution in [0.15, 0.2) is 36.4 Å². The molecule has 1 amide bonds. The van der Waals surface area contributed by atoms with Crippen LogP contribution in [0.25, 0.3) is 0 Å². The minimum absolute atomic E-state index is 0.322. The molecule has 0 heterocycles. The van der Waals surface area contributed by atoms with Crippen LogP contribution in [-0.2, 0) is 0 Å². The van der Waals surface area contributed by atoms with Gasteiger partial charge in [-0.3, -0.25) is 4.79 Å². The molecular formula is C16H16F2N2O. The molecule has 110 valence electrons. The predicted octanol–water partition coefficient (Wildman–Crippen LogP) is 3.55. The Morgan fingerprint density at radius 1 is 1.19 bits per heavy atom. The Balaban J connectivity index is 2.29. The fraction of sp³-hybridized carbons (Fsp3) is 0.188. The molecule has 0 spiro atoms. The van der Waals surface area contributed by atoms with Crippen LogP contribution in [-0.4, -0.2) is 5.91 Å². The van der Waals surface area contributed by atoms with Crippen LogP contribution in [0.1, 0.15) is 34.5 Å². The molecule has 0 radical (unpaired) electrons. The molecular weight excluding hydrogens is 274 g/mol. The number of nitrogens with one attached hydrogen (secondary N) is 1. The Morgan fingerprint density at radius 2 is 1.81 bits per heavy atom. The van der Waals surface area contributed by atoms with Gasteiger partial charge in [0.1, 0.15) is 11.6 Å². The SMILES string of the molecule is Cc1c(NC(C)c2cc(F)cc(F)c2)cccc1C(N)=O. The molecule has 2 aromatic rings. The second-order valence-corrected chi connectivity index (χ2v) is 4.91. The average Bonchev–Trinajstić information content (AvgIpc) is 2.39. The van der Waals surface area contributed by atoms with E-state index in [0.717, 1.165) is 6.07 Å². The molecule has 0 aliphatic heterocycles. The van der Waals surface area contributed by atoms with E-state index in [1.807, 2.05) is 0 Å². The standard InChI is InChI=1S/C16H16F2N2O/c1-9-14(16(19)21)4-3-5-15(9)20-10(2)11-6-12(17)8-13(18)7-11/h3-8,10,20H,1-2H3,(H2,19,21). The Morgan fingerprint density at radius 3 is 2.38 bits per heavy atom. The summed E-state index contributed by atoms with van der Waals surface area (Å²) in [6.07, 6.45) is 0. The average molecular weight is 290 g/mol.